The van der Waals surface area contributed by atoms with Crippen LogP contribution in [0.4, 0.5) is 4.39 Å². The molecule has 0 saturated carbocycles. The summed E-state index contributed by atoms with van der Waals surface area (Å²) in [6.45, 7) is 0.582. The van der Waals surface area contributed by atoms with Gasteiger partial charge in [0.2, 0.25) is 0 Å². The Balaban J connectivity index is 1.76. The first-order chi connectivity index (χ1) is 10.1. The minimum absolute atomic E-state index is 0.238. The Morgan fingerprint density at radius 3 is 2.81 bits per heavy atom. The normalized spacial score (nSPS) is 17.6. The van der Waals surface area contributed by atoms with E-state index >= 15 is 0 Å². The molecule has 5 heteroatoms. The van der Waals surface area contributed by atoms with Crippen LogP contribution < -0.4 is 5.32 Å². The second-order valence-corrected chi connectivity index (χ2v) is 7.04. The highest BCUT2D eigenvalue weighted by atomic mass is 35.5. The van der Waals surface area contributed by atoms with E-state index in [1.807, 2.05) is 23.9 Å². The molecule has 0 bridgehead atoms. The van der Waals surface area contributed by atoms with Crippen LogP contribution in [0.15, 0.2) is 41.3 Å². The third-order valence-corrected chi connectivity index (χ3v) is 5.06. The predicted molar refractivity (Wildman–Crippen MR) is 87.8 cm³/mol. The lowest BCUT2D eigenvalue weighted by Crippen LogP contribution is -2.24. The Labute approximate surface area is 137 Å². The van der Waals surface area contributed by atoms with Crippen LogP contribution in [0.2, 0.25) is 10.0 Å². The molecule has 0 fully saturated rings. The van der Waals surface area contributed by atoms with Crippen LogP contribution in [0.5, 0.6) is 0 Å². The van der Waals surface area contributed by atoms with Crippen LogP contribution in [-0.4, -0.2) is 5.75 Å². The average molecular weight is 342 g/mol. The van der Waals surface area contributed by atoms with E-state index in [1.54, 1.807) is 6.07 Å². The highest BCUT2D eigenvalue weighted by Crippen LogP contribution is 2.37. The van der Waals surface area contributed by atoms with Crippen molar-refractivity contribution < 1.29 is 4.39 Å². The number of halogens is 3. The summed E-state index contributed by atoms with van der Waals surface area (Å²) in [4.78, 5) is 1.26. The average Bonchev–Trinajstić information content (AvgIpc) is 2.44. The predicted octanol–water partition coefficient (Wildman–Crippen LogP) is 5.46. The van der Waals surface area contributed by atoms with E-state index in [-0.39, 0.29) is 11.9 Å². The van der Waals surface area contributed by atoms with Gasteiger partial charge >= 0.3 is 0 Å². The highest BCUT2D eigenvalue weighted by molar-refractivity contribution is 7.99. The summed E-state index contributed by atoms with van der Waals surface area (Å²) < 4.78 is 13.4. The van der Waals surface area contributed by atoms with Crippen molar-refractivity contribution in [1.82, 2.24) is 5.32 Å². The third-order valence-electron chi connectivity index (χ3n) is 3.49. The van der Waals surface area contributed by atoms with Crippen molar-refractivity contribution in [3.63, 3.8) is 0 Å². The Hall–Kier alpha value is -0.740. The van der Waals surface area contributed by atoms with Crippen LogP contribution in [-0.2, 0) is 6.54 Å². The summed E-state index contributed by atoms with van der Waals surface area (Å²) in [5.41, 5.74) is 2.07. The van der Waals surface area contributed by atoms with E-state index in [1.165, 1.54) is 22.6 Å². The van der Waals surface area contributed by atoms with Crippen molar-refractivity contribution in [2.24, 2.45) is 0 Å². The number of rotatable bonds is 3. The summed E-state index contributed by atoms with van der Waals surface area (Å²) in [6.07, 6.45) is 1.03. The maximum absolute atomic E-state index is 13.4. The van der Waals surface area contributed by atoms with Crippen molar-refractivity contribution >= 4 is 35.0 Å². The number of thioether (sulfide) groups is 1. The molecule has 0 spiro atoms. The van der Waals surface area contributed by atoms with E-state index in [0.717, 1.165) is 22.8 Å². The first kappa shape index (κ1) is 15.2. The summed E-state index contributed by atoms with van der Waals surface area (Å²) in [6, 6.07) is 10.8. The van der Waals surface area contributed by atoms with Crippen molar-refractivity contribution in [2.75, 3.05) is 5.75 Å². The van der Waals surface area contributed by atoms with Gasteiger partial charge in [-0.05, 0) is 59.7 Å². The molecule has 0 radical (unpaired) electrons. The van der Waals surface area contributed by atoms with Crippen LogP contribution >= 0.6 is 35.0 Å². The summed E-state index contributed by atoms with van der Waals surface area (Å²) in [7, 11) is 0. The van der Waals surface area contributed by atoms with Gasteiger partial charge in [-0.3, -0.25) is 0 Å². The largest absolute Gasteiger partial charge is 0.306 e. The molecule has 1 unspecified atom stereocenters. The summed E-state index contributed by atoms with van der Waals surface area (Å²) in [5, 5.41) is 4.65. The van der Waals surface area contributed by atoms with Gasteiger partial charge in [-0.15, -0.1) is 11.8 Å². The molecular weight excluding hydrogens is 328 g/mol. The van der Waals surface area contributed by atoms with Gasteiger partial charge in [0.15, 0.2) is 0 Å². The van der Waals surface area contributed by atoms with Gasteiger partial charge in [-0.25, -0.2) is 4.39 Å². The Kier molecular flexibility index (Phi) is 4.75. The molecule has 1 N–H and O–H groups in total. The first-order valence-corrected chi connectivity index (χ1v) is 8.46. The zero-order valence-corrected chi connectivity index (χ0v) is 13.5. The molecule has 21 heavy (non-hydrogen) atoms. The lowest BCUT2D eigenvalue weighted by atomic mass is 10.0. The number of nitrogens with one attached hydrogen (secondary N) is 1. The first-order valence-electron chi connectivity index (χ1n) is 6.72. The Bertz CT molecular complexity index is 642. The quantitative estimate of drug-likeness (QED) is 0.795. The van der Waals surface area contributed by atoms with Crippen molar-refractivity contribution in [2.45, 2.75) is 23.9 Å². The third kappa shape index (κ3) is 3.72. The topological polar surface area (TPSA) is 12.0 Å². The minimum atomic E-state index is -0.304. The van der Waals surface area contributed by atoms with E-state index < -0.39 is 0 Å². The molecule has 1 heterocycles. The molecule has 2 aromatic rings. The monoisotopic (exact) mass is 341 g/mol. The molecule has 0 aromatic heterocycles. The SMILES string of the molecule is Fc1cc(Cl)cc(CNC2CCSc3ccc(Cl)cc32)c1. The second kappa shape index (κ2) is 6.57. The van der Waals surface area contributed by atoms with Gasteiger partial charge in [0, 0.05) is 27.5 Å². The lowest BCUT2D eigenvalue weighted by Gasteiger charge is -2.26. The van der Waals surface area contributed by atoms with Gasteiger partial charge in [-0.1, -0.05) is 23.2 Å². The van der Waals surface area contributed by atoms with E-state index in [4.69, 9.17) is 23.2 Å². The molecule has 0 saturated heterocycles. The molecule has 1 aliphatic heterocycles. The maximum atomic E-state index is 13.4. The molecule has 110 valence electrons. The fourth-order valence-corrected chi connectivity index (χ4v) is 4.06. The maximum Gasteiger partial charge on any atom is 0.125 e. The van der Waals surface area contributed by atoms with Crippen molar-refractivity contribution in [1.29, 1.82) is 0 Å². The zero-order chi connectivity index (χ0) is 14.8. The van der Waals surface area contributed by atoms with Gasteiger partial charge in [0.05, 0.1) is 0 Å². The van der Waals surface area contributed by atoms with E-state index in [9.17, 15) is 4.39 Å². The molecule has 1 aliphatic rings. The summed E-state index contributed by atoms with van der Waals surface area (Å²) >= 11 is 13.8. The Morgan fingerprint density at radius 2 is 2.00 bits per heavy atom. The number of fused-ring (bicyclic) bond motifs is 1. The smallest absolute Gasteiger partial charge is 0.125 e. The van der Waals surface area contributed by atoms with Crippen molar-refractivity contribution in [3.05, 3.63) is 63.4 Å². The highest BCUT2D eigenvalue weighted by Gasteiger charge is 2.20. The van der Waals surface area contributed by atoms with Crippen LogP contribution in [0, 0.1) is 5.82 Å². The second-order valence-electron chi connectivity index (χ2n) is 5.03. The van der Waals surface area contributed by atoms with Gasteiger partial charge in [0.1, 0.15) is 5.82 Å². The van der Waals surface area contributed by atoms with Gasteiger partial charge < -0.3 is 5.32 Å². The molecule has 1 nitrogen and oxygen atoms in total. The molecule has 1 atom stereocenters. The van der Waals surface area contributed by atoms with Crippen molar-refractivity contribution in [3.8, 4) is 0 Å². The molecule has 0 amide bonds. The van der Waals surface area contributed by atoms with Crippen LogP contribution in [0.25, 0.3) is 0 Å². The number of benzene rings is 2. The molecule has 3 rings (SSSR count). The number of hydrogen-bond acceptors (Lipinski definition) is 2. The van der Waals surface area contributed by atoms with Gasteiger partial charge in [0.25, 0.3) is 0 Å². The van der Waals surface area contributed by atoms with Crippen LogP contribution in [0.1, 0.15) is 23.6 Å². The fraction of sp³-hybridized carbons (Fsp3) is 0.250. The fourth-order valence-electron chi connectivity index (χ4n) is 2.53. The summed E-state index contributed by atoms with van der Waals surface area (Å²) in [5.74, 6) is 0.762. The zero-order valence-electron chi connectivity index (χ0n) is 11.2. The number of hydrogen-bond donors (Lipinski definition) is 1. The van der Waals surface area contributed by atoms with Gasteiger partial charge in [-0.2, -0.15) is 0 Å². The molecule has 2 aromatic carbocycles. The Morgan fingerprint density at radius 1 is 1.14 bits per heavy atom. The molecular formula is C16H14Cl2FNS. The van der Waals surface area contributed by atoms with E-state index in [2.05, 4.69) is 11.4 Å². The molecule has 0 aliphatic carbocycles. The van der Waals surface area contributed by atoms with Crippen LogP contribution in [0.3, 0.4) is 0 Å². The minimum Gasteiger partial charge on any atom is -0.306 e. The standard InChI is InChI=1S/C16H14Cl2FNS/c17-11-1-2-16-14(8-11)15(3-4-21-16)20-9-10-5-12(18)7-13(19)6-10/h1-2,5-8,15,20H,3-4,9H2. The lowest BCUT2D eigenvalue weighted by molar-refractivity contribution is 0.508. The van der Waals surface area contributed by atoms with E-state index in [0.29, 0.717) is 11.6 Å².